The zero-order valence-electron chi connectivity index (χ0n) is 19.8. The van der Waals surface area contributed by atoms with Crippen molar-refractivity contribution in [2.45, 2.75) is 38.5 Å². The number of nitro benzene ring substituents is 1. The molecule has 0 spiro atoms. The number of nitrogens with zero attached hydrogens (tertiary/aromatic N) is 4. The maximum Gasteiger partial charge on any atom is 0.416 e. The van der Waals surface area contributed by atoms with E-state index >= 15 is 0 Å². The monoisotopic (exact) mass is 514 g/mol. The molecule has 1 aromatic heterocycles. The van der Waals surface area contributed by atoms with E-state index in [2.05, 4.69) is 9.88 Å². The van der Waals surface area contributed by atoms with Gasteiger partial charge in [-0.05, 0) is 66.8 Å². The molecule has 0 atom stereocenters. The van der Waals surface area contributed by atoms with E-state index in [4.69, 9.17) is 0 Å². The molecule has 194 valence electrons. The van der Waals surface area contributed by atoms with Crippen molar-refractivity contribution >= 4 is 17.5 Å². The molecule has 4 rings (SSSR count). The quantitative estimate of drug-likeness (QED) is 0.292. The van der Waals surface area contributed by atoms with Gasteiger partial charge in [0.15, 0.2) is 0 Å². The van der Waals surface area contributed by atoms with Crippen molar-refractivity contribution in [2.24, 2.45) is 0 Å². The molecular weight excluding hydrogens is 489 g/mol. The maximum atomic E-state index is 13.1. The van der Waals surface area contributed by atoms with Crippen molar-refractivity contribution in [3.8, 4) is 11.3 Å². The number of aromatic nitrogens is 1. The third-order valence-corrected chi connectivity index (χ3v) is 6.27. The Labute approximate surface area is 211 Å². The van der Waals surface area contributed by atoms with E-state index in [-0.39, 0.29) is 24.3 Å². The molecule has 1 saturated heterocycles. The third-order valence-electron chi connectivity index (χ3n) is 6.27. The van der Waals surface area contributed by atoms with Crippen LogP contribution in [0.2, 0.25) is 0 Å². The minimum atomic E-state index is -4.54. The average molecular weight is 515 g/mol. The van der Waals surface area contributed by atoms with Gasteiger partial charge in [0.2, 0.25) is 0 Å². The van der Waals surface area contributed by atoms with Gasteiger partial charge < -0.3 is 10.0 Å². The van der Waals surface area contributed by atoms with E-state index in [0.29, 0.717) is 16.8 Å². The van der Waals surface area contributed by atoms with Crippen molar-refractivity contribution in [1.82, 2.24) is 9.88 Å². The number of nitro groups is 1. The Morgan fingerprint density at radius 1 is 1.03 bits per heavy atom. The van der Waals surface area contributed by atoms with Crippen LogP contribution in [-0.2, 0) is 19.3 Å². The lowest BCUT2D eigenvalue weighted by Crippen LogP contribution is -2.29. The Hall–Kier alpha value is -4.15. The molecule has 1 amide bonds. The molecule has 3 aromatic rings. The van der Waals surface area contributed by atoms with Gasteiger partial charge in [-0.15, -0.1) is 0 Å². The van der Waals surface area contributed by atoms with E-state index in [1.165, 1.54) is 24.4 Å². The molecule has 0 bridgehead atoms. The van der Waals surface area contributed by atoms with Crippen LogP contribution in [0.25, 0.3) is 11.3 Å². The van der Waals surface area contributed by atoms with Gasteiger partial charge in [0, 0.05) is 44.1 Å². The normalized spacial score (nSPS) is 13.9. The summed E-state index contributed by atoms with van der Waals surface area (Å²) >= 11 is 0. The predicted molar refractivity (Wildman–Crippen MR) is 131 cm³/mol. The lowest BCUT2D eigenvalue weighted by Gasteiger charge is -2.29. The van der Waals surface area contributed by atoms with E-state index in [9.17, 15) is 33.2 Å². The number of carboxylic acid groups (broad SMARTS) is 1. The second kappa shape index (κ2) is 10.9. The first-order valence-electron chi connectivity index (χ1n) is 11.7. The Kier molecular flexibility index (Phi) is 7.61. The number of halogens is 3. The molecule has 0 radical (unpaired) electrons. The largest absolute Gasteiger partial charge is 0.465 e. The number of benzene rings is 2. The summed E-state index contributed by atoms with van der Waals surface area (Å²) < 4.78 is 39.2. The highest BCUT2D eigenvalue weighted by atomic mass is 19.4. The molecule has 1 aliphatic rings. The number of rotatable bonds is 7. The van der Waals surface area contributed by atoms with Crippen LogP contribution < -0.4 is 4.90 Å². The number of pyridine rings is 1. The lowest BCUT2D eigenvalue weighted by molar-refractivity contribution is -0.384. The highest BCUT2D eigenvalue weighted by Crippen LogP contribution is 2.34. The fourth-order valence-corrected chi connectivity index (χ4v) is 4.44. The summed E-state index contributed by atoms with van der Waals surface area (Å²) in [4.78, 5) is 30.6. The van der Waals surface area contributed by atoms with Crippen molar-refractivity contribution in [2.75, 3.05) is 18.0 Å². The van der Waals surface area contributed by atoms with Crippen molar-refractivity contribution < 1.29 is 28.0 Å². The molecule has 0 saturated carbocycles. The minimum absolute atomic E-state index is 0.121. The molecule has 2 heterocycles. The summed E-state index contributed by atoms with van der Waals surface area (Å²) in [6.07, 6.45) is -1.20. The van der Waals surface area contributed by atoms with Crippen LogP contribution in [0.1, 0.15) is 36.0 Å². The molecule has 2 aromatic carbocycles. The molecular formula is C26H25F3N4O4. The first-order valence-corrected chi connectivity index (χ1v) is 11.7. The molecule has 37 heavy (non-hydrogen) atoms. The number of alkyl halides is 3. The second-order valence-corrected chi connectivity index (χ2v) is 8.89. The van der Waals surface area contributed by atoms with Crippen LogP contribution in [0.3, 0.4) is 0 Å². The fourth-order valence-electron chi connectivity index (χ4n) is 4.44. The highest BCUT2D eigenvalue weighted by Gasteiger charge is 2.30. The zero-order valence-corrected chi connectivity index (χ0v) is 19.8. The van der Waals surface area contributed by atoms with Crippen molar-refractivity contribution in [3.05, 3.63) is 87.6 Å². The maximum absolute atomic E-state index is 13.1. The third kappa shape index (κ3) is 6.35. The average Bonchev–Trinajstić information content (AvgIpc) is 2.88. The van der Waals surface area contributed by atoms with Crippen LogP contribution in [0, 0.1) is 10.1 Å². The first kappa shape index (κ1) is 25.9. The van der Waals surface area contributed by atoms with Crippen molar-refractivity contribution in [1.29, 1.82) is 0 Å². The topological polar surface area (TPSA) is 99.8 Å². The van der Waals surface area contributed by atoms with E-state index in [0.717, 1.165) is 55.1 Å². The standard InChI is InChI=1S/C26H25F3N4O4/c27-26(28,29)20-6-4-5-18(13-20)16-32(25(34)35)17-19-9-10-30-23(14-19)22-15-21(7-8-24(22)33(36)37)31-11-2-1-3-12-31/h4-10,13-15H,1-3,11-12,16-17H2,(H,34,35). The van der Waals surface area contributed by atoms with Crippen LogP contribution in [0.4, 0.5) is 29.3 Å². The first-order chi connectivity index (χ1) is 17.6. The summed E-state index contributed by atoms with van der Waals surface area (Å²) in [6.45, 7) is 1.31. The lowest BCUT2D eigenvalue weighted by atomic mass is 10.0. The summed E-state index contributed by atoms with van der Waals surface area (Å²) in [7, 11) is 0. The number of carbonyl (C=O) groups is 1. The number of amides is 1. The smallest absolute Gasteiger partial charge is 0.416 e. The molecule has 11 heteroatoms. The van der Waals surface area contributed by atoms with Crippen molar-refractivity contribution in [3.63, 3.8) is 0 Å². The summed E-state index contributed by atoms with van der Waals surface area (Å²) in [6, 6.07) is 12.6. The molecule has 8 nitrogen and oxygen atoms in total. The van der Waals surface area contributed by atoms with Gasteiger partial charge in [0.1, 0.15) is 0 Å². The number of hydrogen-bond donors (Lipinski definition) is 1. The van der Waals surface area contributed by atoms with Gasteiger partial charge in [0.25, 0.3) is 5.69 Å². The minimum Gasteiger partial charge on any atom is -0.465 e. The Bertz CT molecular complexity index is 1290. The molecule has 0 aliphatic carbocycles. The predicted octanol–water partition coefficient (Wildman–Crippen LogP) is 6.35. The van der Waals surface area contributed by atoms with Gasteiger partial charge in [-0.2, -0.15) is 13.2 Å². The van der Waals surface area contributed by atoms with Crippen LogP contribution in [0.15, 0.2) is 60.8 Å². The zero-order chi connectivity index (χ0) is 26.6. The van der Waals surface area contributed by atoms with E-state index < -0.39 is 22.8 Å². The highest BCUT2D eigenvalue weighted by molar-refractivity contribution is 5.75. The number of hydrogen-bond acceptors (Lipinski definition) is 5. The molecule has 0 unspecified atom stereocenters. The van der Waals surface area contributed by atoms with Gasteiger partial charge in [-0.25, -0.2) is 4.79 Å². The van der Waals surface area contributed by atoms with Crippen LogP contribution in [-0.4, -0.2) is 39.1 Å². The SMILES string of the molecule is O=C(O)N(Cc1cccc(C(F)(F)F)c1)Cc1ccnc(-c2cc(N3CCCCC3)ccc2[N+](=O)[O-])c1. The Morgan fingerprint density at radius 2 is 1.73 bits per heavy atom. The van der Waals surface area contributed by atoms with Crippen LogP contribution in [0.5, 0.6) is 0 Å². The van der Waals surface area contributed by atoms with Crippen LogP contribution >= 0.6 is 0 Å². The Balaban J connectivity index is 1.61. The fraction of sp³-hybridized carbons (Fsp3) is 0.308. The van der Waals surface area contributed by atoms with Gasteiger partial charge in [-0.1, -0.05) is 12.1 Å². The van der Waals surface area contributed by atoms with Gasteiger partial charge >= 0.3 is 12.3 Å². The van der Waals surface area contributed by atoms with Gasteiger partial charge in [-0.3, -0.25) is 20.0 Å². The second-order valence-electron chi connectivity index (χ2n) is 8.89. The molecule has 1 aliphatic heterocycles. The molecule has 1 fully saturated rings. The van der Waals surface area contributed by atoms with E-state index in [1.54, 1.807) is 24.3 Å². The summed E-state index contributed by atoms with van der Waals surface area (Å²) in [5.41, 5.74) is 1.19. The number of piperidine rings is 1. The molecule has 1 N–H and O–H groups in total. The van der Waals surface area contributed by atoms with Gasteiger partial charge in [0.05, 0.1) is 21.7 Å². The summed E-state index contributed by atoms with van der Waals surface area (Å²) in [5, 5.41) is 21.4. The summed E-state index contributed by atoms with van der Waals surface area (Å²) in [5.74, 6) is 0. The number of anilines is 1. The van der Waals surface area contributed by atoms with E-state index in [1.807, 2.05) is 0 Å². The Morgan fingerprint density at radius 3 is 2.38 bits per heavy atom.